The Morgan fingerprint density at radius 2 is 1.73 bits per heavy atom. The minimum atomic E-state index is -0.823. The van der Waals surface area contributed by atoms with Crippen molar-refractivity contribution in [2.45, 2.75) is 58.2 Å². The molecule has 1 aromatic heterocycles. The lowest BCUT2D eigenvalue weighted by Crippen LogP contribution is -2.54. The SMILES string of the molecule is CCC(C)C(NC(=O)C(C)c1ccccc1)C(=O)NCC(=O)N1c2ccccc2C[C@H]1C(=O)NCc1nn[nH]n1. The molecule has 12 heteroatoms. The average Bonchev–Trinajstić information content (AvgIpc) is 3.65. The Balaban J connectivity index is 1.42. The molecule has 4 atom stereocenters. The smallest absolute Gasteiger partial charge is 0.247 e. The van der Waals surface area contributed by atoms with Crippen molar-refractivity contribution in [1.29, 1.82) is 0 Å². The number of amides is 4. The van der Waals surface area contributed by atoms with Gasteiger partial charge in [-0.25, -0.2) is 0 Å². The molecule has 4 N–H and O–H groups in total. The molecule has 4 rings (SSSR count). The van der Waals surface area contributed by atoms with Crippen LogP contribution < -0.4 is 20.9 Å². The number of carbonyl (C=O) groups excluding carboxylic acids is 4. The van der Waals surface area contributed by atoms with Crippen LogP contribution in [0.25, 0.3) is 0 Å². The summed E-state index contributed by atoms with van der Waals surface area (Å²) >= 11 is 0. The fourth-order valence-corrected chi connectivity index (χ4v) is 4.68. The monoisotopic (exact) mass is 546 g/mol. The van der Waals surface area contributed by atoms with Crippen LogP contribution in [0.2, 0.25) is 0 Å². The minimum absolute atomic E-state index is 0.0542. The molecule has 12 nitrogen and oxygen atoms in total. The van der Waals surface area contributed by atoms with Gasteiger partial charge in [0, 0.05) is 12.1 Å². The number of fused-ring (bicyclic) bond motifs is 1. The molecular weight excluding hydrogens is 512 g/mol. The van der Waals surface area contributed by atoms with Gasteiger partial charge in [-0.2, -0.15) is 5.21 Å². The lowest BCUT2D eigenvalue weighted by atomic mass is 9.95. The number of benzene rings is 2. The highest BCUT2D eigenvalue weighted by molar-refractivity contribution is 6.05. The second-order valence-corrected chi connectivity index (χ2v) is 9.88. The molecule has 0 bridgehead atoms. The van der Waals surface area contributed by atoms with Crippen molar-refractivity contribution in [3.8, 4) is 0 Å². The number of tetrazole rings is 1. The van der Waals surface area contributed by atoms with E-state index in [-0.39, 0.29) is 30.8 Å². The highest BCUT2D eigenvalue weighted by Crippen LogP contribution is 2.32. The van der Waals surface area contributed by atoms with E-state index in [1.165, 1.54) is 4.90 Å². The molecule has 3 unspecified atom stereocenters. The maximum absolute atomic E-state index is 13.4. The van der Waals surface area contributed by atoms with Gasteiger partial charge in [-0.05, 0) is 30.0 Å². The summed E-state index contributed by atoms with van der Waals surface area (Å²) < 4.78 is 0. The van der Waals surface area contributed by atoms with E-state index in [0.717, 1.165) is 11.1 Å². The van der Waals surface area contributed by atoms with E-state index in [1.54, 1.807) is 19.1 Å². The quantitative estimate of drug-likeness (QED) is 0.281. The van der Waals surface area contributed by atoms with Gasteiger partial charge in [-0.3, -0.25) is 24.1 Å². The van der Waals surface area contributed by atoms with Gasteiger partial charge in [0.2, 0.25) is 23.6 Å². The predicted octanol–water partition coefficient (Wildman–Crippen LogP) is 1.22. The molecular formula is C28H34N8O4. The van der Waals surface area contributed by atoms with Gasteiger partial charge in [0.25, 0.3) is 0 Å². The number of aromatic amines is 1. The number of rotatable bonds is 11. The topological polar surface area (TPSA) is 162 Å². The Morgan fingerprint density at radius 3 is 2.42 bits per heavy atom. The van der Waals surface area contributed by atoms with Gasteiger partial charge in [0.05, 0.1) is 19.0 Å². The predicted molar refractivity (Wildman–Crippen MR) is 147 cm³/mol. The lowest BCUT2D eigenvalue weighted by Gasteiger charge is -2.27. The maximum atomic E-state index is 13.4. The molecule has 0 saturated carbocycles. The molecule has 0 saturated heterocycles. The van der Waals surface area contributed by atoms with E-state index in [1.807, 2.05) is 56.3 Å². The number of para-hydroxylation sites is 1. The van der Waals surface area contributed by atoms with Crippen LogP contribution >= 0.6 is 0 Å². The van der Waals surface area contributed by atoms with Gasteiger partial charge < -0.3 is 16.0 Å². The Labute approximate surface area is 232 Å². The van der Waals surface area contributed by atoms with Gasteiger partial charge in [-0.1, -0.05) is 74.0 Å². The van der Waals surface area contributed by atoms with Crippen LogP contribution in [0.1, 0.15) is 50.1 Å². The third-order valence-corrected chi connectivity index (χ3v) is 7.26. The molecule has 2 aromatic carbocycles. The van der Waals surface area contributed by atoms with Crippen LogP contribution in [0.15, 0.2) is 54.6 Å². The fourth-order valence-electron chi connectivity index (χ4n) is 4.68. The van der Waals surface area contributed by atoms with Crippen LogP contribution in [0.5, 0.6) is 0 Å². The van der Waals surface area contributed by atoms with E-state index < -0.39 is 29.8 Å². The summed E-state index contributed by atoms with van der Waals surface area (Å²) in [5, 5.41) is 21.8. The van der Waals surface area contributed by atoms with Crippen molar-refractivity contribution < 1.29 is 19.2 Å². The summed E-state index contributed by atoms with van der Waals surface area (Å²) in [5.41, 5.74) is 2.31. The molecule has 210 valence electrons. The molecule has 0 spiro atoms. The number of hydrogen-bond acceptors (Lipinski definition) is 7. The number of anilines is 1. The number of carbonyl (C=O) groups is 4. The Hall–Kier alpha value is -4.61. The van der Waals surface area contributed by atoms with Crippen molar-refractivity contribution >= 4 is 29.3 Å². The third-order valence-electron chi connectivity index (χ3n) is 7.26. The van der Waals surface area contributed by atoms with E-state index in [9.17, 15) is 19.2 Å². The van der Waals surface area contributed by atoms with Gasteiger partial charge in [0.15, 0.2) is 5.82 Å². The first-order valence-corrected chi connectivity index (χ1v) is 13.3. The number of aromatic nitrogens is 4. The van der Waals surface area contributed by atoms with Crippen LogP contribution in [0.3, 0.4) is 0 Å². The highest BCUT2D eigenvalue weighted by Gasteiger charge is 2.38. The van der Waals surface area contributed by atoms with Gasteiger partial charge >= 0.3 is 0 Å². The third kappa shape index (κ3) is 6.50. The second kappa shape index (κ2) is 13.0. The van der Waals surface area contributed by atoms with Crippen LogP contribution in [0, 0.1) is 5.92 Å². The first-order valence-electron chi connectivity index (χ1n) is 13.3. The van der Waals surface area contributed by atoms with Crippen LogP contribution in [-0.4, -0.2) is 62.9 Å². The van der Waals surface area contributed by atoms with Crippen molar-refractivity contribution in [3.63, 3.8) is 0 Å². The van der Waals surface area contributed by atoms with E-state index >= 15 is 0 Å². The first kappa shape index (κ1) is 28.4. The normalized spacial score (nSPS) is 16.4. The Kier molecular flexibility index (Phi) is 9.20. The summed E-state index contributed by atoms with van der Waals surface area (Å²) in [6.45, 7) is 5.31. The van der Waals surface area contributed by atoms with E-state index in [4.69, 9.17) is 0 Å². The van der Waals surface area contributed by atoms with Crippen molar-refractivity contribution in [2.24, 2.45) is 5.92 Å². The molecule has 2 heterocycles. The molecule has 0 radical (unpaired) electrons. The number of nitrogens with one attached hydrogen (secondary N) is 4. The van der Waals surface area contributed by atoms with Crippen LogP contribution in [0.4, 0.5) is 5.69 Å². The second-order valence-electron chi connectivity index (χ2n) is 9.88. The molecule has 0 aliphatic carbocycles. The molecule has 40 heavy (non-hydrogen) atoms. The average molecular weight is 547 g/mol. The van der Waals surface area contributed by atoms with Crippen LogP contribution in [-0.2, 0) is 32.1 Å². The van der Waals surface area contributed by atoms with Gasteiger partial charge in [-0.15, -0.1) is 10.2 Å². The number of hydrogen-bond donors (Lipinski definition) is 4. The molecule has 1 aliphatic rings. The van der Waals surface area contributed by atoms with Crippen molar-refractivity contribution in [3.05, 3.63) is 71.5 Å². The van der Waals surface area contributed by atoms with Gasteiger partial charge in [0.1, 0.15) is 12.1 Å². The number of H-pyrrole nitrogens is 1. The summed E-state index contributed by atoms with van der Waals surface area (Å²) in [5.74, 6) is -1.85. The molecule has 4 amide bonds. The minimum Gasteiger partial charge on any atom is -0.347 e. The highest BCUT2D eigenvalue weighted by atomic mass is 16.2. The zero-order chi connectivity index (χ0) is 28.6. The van der Waals surface area contributed by atoms with E-state index in [2.05, 4.69) is 36.6 Å². The van der Waals surface area contributed by atoms with Crippen molar-refractivity contribution in [2.75, 3.05) is 11.4 Å². The molecule has 3 aromatic rings. The summed E-state index contributed by atoms with van der Waals surface area (Å²) in [4.78, 5) is 54.2. The van der Waals surface area contributed by atoms with Crippen molar-refractivity contribution in [1.82, 2.24) is 36.6 Å². The zero-order valence-corrected chi connectivity index (χ0v) is 22.8. The Morgan fingerprint density at radius 1 is 1.00 bits per heavy atom. The summed E-state index contributed by atoms with van der Waals surface area (Å²) in [7, 11) is 0. The zero-order valence-electron chi connectivity index (χ0n) is 22.8. The van der Waals surface area contributed by atoms with E-state index in [0.29, 0.717) is 24.4 Å². The number of nitrogens with zero attached hydrogens (tertiary/aromatic N) is 4. The molecule has 1 aliphatic heterocycles. The standard InChI is InChI=1S/C28H34N8O4/c1-4-17(2)25(31-26(38)18(3)19-10-6-5-7-11-19)28(40)30-16-24(37)36-21-13-9-8-12-20(21)14-22(36)27(39)29-15-23-32-34-35-33-23/h5-13,17-18,22,25H,4,14-16H2,1-3H3,(H,29,39)(H,30,40)(H,31,38)(H,32,33,34,35)/t17?,18?,22-,25?/m0/s1. The maximum Gasteiger partial charge on any atom is 0.247 e. The molecule has 0 fully saturated rings. The first-order chi connectivity index (χ1) is 19.3. The summed E-state index contributed by atoms with van der Waals surface area (Å²) in [6, 6.07) is 15.0. The lowest BCUT2D eigenvalue weighted by molar-refractivity contribution is -0.132. The largest absolute Gasteiger partial charge is 0.347 e. The Bertz CT molecular complexity index is 1330. The summed E-state index contributed by atoms with van der Waals surface area (Å²) in [6.07, 6.45) is 0.977. The fraction of sp³-hybridized carbons (Fsp3) is 0.393.